The third-order valence-corrected chi connectivity index (χ3v) is 3.79. The Hall–Kier alpha value is -1.48. The molecule has 0 amide bonds. The van der Waals surface area contributed by atoms with Crippen LogP contribution >= 0.6 is 11.6 Å². The summed E-state index contributed by atoms with van der Waals surface area (Å²) in [5.41, 5.74) is 3.66. The van der Waals surface area contributed by atoms with Crippen LogP contribution < -0.4 is 5.32 Å². The van der Waals surface area contributed by atoms with Crippen molar-refractivity contribution < 1.29 is 0 Å². The molecule has 1 aromatic heterocycles. The average Bonchev–Trinajstić information content (AvgIpc) is 2.95. The average molecular weight is 262 g/mol. The van der Waals surface area contributed by atoms with E-state index in [1.165, 1.54) is 11.4 Å². The fourth-order valence-electron chi connectivity index (χ4n) is 2.51. The van der Waals surface area contributed by atoms with Gasteiger partial charge in [-0.05, 0) is 25.0 Å². The third-order valence-electron chi connectivity index (χ3n) is 3.42. The lowest BCUT2D eigenvalue weighted by Gasteiger charge is -2.03. The van der Waals surface area contributed by atoms with Crippen LogP contribution in [0.2, 0.25) is 5.02 Å². The SMILES string of the molecule is CCn1nc(Cc2ccccc2Cl)c2c1NCC2. The van der Waals surface area contributed by atoms with E-state index in [-0.39, 0.29) is 0 Å². The van der Waals surface area contributed by atoms with Gasteiger partial charge in [-0.15, -0.1) is 0 Å². The van der Waals surface area contributed by atoms with Crippen LogP contribution in [-0.2, 0) is 19.4 Å². The van der Waals surface area contributed by atoms with E-state index in [0.29, 0.717) is 0 Å². The molecule has 1 aliphatic rings. The lowest BCUT2D eigenvalue weighted by molar-refractivity contribution is 0.655. The van der Waals surface area contributed by atoms with Crippen LogP contribution in [-0.4, -0.2) is 16.3 Å². The molecule has 0 unspecified atom stereocenters. The van der Waals surface area contributed by atoms with Gasteiger partial charge in [-0.1, -0.05) is 29.8 Å². The van der Waals surface area contributed by atoms with Crippen molar-refractivity contribution in [3.63, 3.8) is 0 Å². The van der Waals surface area contributed by atoms with Crippen molar-refractivity contribution in [2.75, 3.05) is 11.9 Å². The number of benzene rings is 1. The van der Waals surface area contributed by atoms with Gasteiger partial charge in [0, 0.05) is 30.1 Å². The zero-order valence-corrected chi connectivity index (χ0v) is 11.2. The van der Waals surface area contributed by atoms with Gasteiger partial charge in [-0.2, -0.15) is 5.10 Å². The Labute approximate surface area is 112 Å². The quantitative estimate of drug-likeness (QED) is 0.920. The molecule has 1 aliphatic heterocycles. The van der Waals surface area contributed by atoms with Crippen molar-refractivity contribution in [1.82, 2.24) is 9.78 Å². The number of nitrogens with zero attached hydrogens (tertiary/aromatic N) is 2. The van der Waals surface area contributed by atoms with Crippen LogP contribution in [0.5, 0.6) is 0 Å². The second-order valence-corrected chi connectivity index (χ2v) is 4.94. The van der Waals surface area contributed by atoms with Crippen LogP contribution in [0.4, 0.5) is 5.82 Å². The molecule has 1 N–H and O–H groups in total. The monoisotopic (exact) mass is 261 g/mol. The Morgan fingerprint density at radius 3 is 3.00 bits per heavy atom. The summed E-state index contributed by atoms with van der Waals surface area (Å²) in [5, 5.41) is 8.91. The maximum Gasteiger partial charge on any atom is 0.127 e. The topological polar surface area (TPSA) is 29.9 Å². The predicted molar refractivity (Wildman–Crippen MR) is 74.4 cm³/mol. The first-order chi connectivity index (χ1) is 8.79. The number of rotatable bonds is 3. The smallest absolute Gasteiger partial charge is 0.127 e. The normalized spacial score (nSPS) is 13.4. The molecule has 2 heterocycles. The summed E-state index contributed by atoms with van der Waals surface area (Å²) in [4.78, 5) is 0. The number of nitrogens with one attached hydrogen (secondary N) is 1. The molecule has 0 fully saturated rings. The molecule has 0 saturated carbocycles. The summed E-state index contributed by atoms with van der Waals surface area (Å²) < 4.78 is 2.05. The lowest BCUT2D eigenvalue weighted by Crippen LogP contribution is -2.05. The maximum atomic E-state index is 6.22. The fourth-order valence-corrected chi connectivity index (χ4v) is 2.71. The van der Waals surface area contributed by atoms with Crippen molar-refractivity contribution in [3.05, 3.63) is 46.1 Å². The van der Waals surface area contributed by atoms with Gasteiger partial charge in [-0.3, -0.25) is 0 Å². The number of aromatic nitrogens is 2. The summed E-state index contributed by atoms with van der Waals surface area (Å²) in [6.07, 6.45) is 1.88. The molecular formula is C14H16ClN3. The molecule has 0 radical (unpaired) electrons. The zero-order chi connectivity index (χ0) is 12.5. The molecule has 1 aromatic carbocycles. The van der Waals surface area contributed by atoms with E-state index < -0.39 is 0 Å². The highest BCUT2D eigenvalue weighted by atomic mass is 35.5. The third kappa shape index (κ3) is 1.89. The highest BCUT2D eigenvalue weighted by molar-refractivity contribution is 6.31. The highest BCUT2D eigenvalue weighted by Gasteiger charge is 2.21. The second kappa shape index (κ2) is 4.65. The standard InChI is InChI=1S/C14H16ClN3/c1-2-18-14-11(7-8-16-14)13(17-18)9-10-5-3-4-6-12(10)15/h3-6,16H,2,7-9H2,1H3. The molecule has 0 spiro atoms. The Morgan fingerprint density at radius 1 is 1.39 bits per heavy atom. The number of fused-ring (bicyclic) bond motifs is 1. The van der Waals surface area contributed by atoms with E-state index in [2.05, 4.69) is 28.1 Å². The van der Waals surface area contributed by atoms with Crippen LogP contribution in [0.15, 0.2) is 24.3 Å². The van der Waals surface area contributed by atoms with Gasteiger partial charge in [0.05, 0.1) is 5.69 Å². The first kappa shape index (κ1) is 11.6. The van der Waals surface area contributed by atoms with Gasteiger partial charge >= 0.3 is 0 Å². The molecule has 18 heavy (non-hydrogen) atoms. The van der Waals surface area contributed by atoms with Gasteiger partial charge in [0.1, 0.15) is 5.82 Å². The molecule has 0 atom stereocenters. The van der Waals surface area contributed by atoms with E-state index >= 15 is 0 Å². The fraction of sp³-hybridized carbons (Fsp3) is 0.357. The summed E-state index contributed by atoms with van der Waals surface area (Å²) in [7, 11) is 0. The molecule has 0 aliphatic carbocycles. The molecule has 3 nitrogen and oxygen atoms in total. The van der Waals surface area contributed by atoms with Gasteiger partial charge in [0.2, 0.25) is 0 Å². The Morgan fingerprint density at radius 2 is 2.22 bits per heavy atom. The number of hydrogen-bond acceptors (Lipinski definition) is 2. The first-order valence-corrected chi connectivity index (χ1v) is 6.73. The molecule has 0 bridgehead atoms. The number of halogens is 1. The molecule has 3 rings (SSSR count). The van der Waals surface area contributed by atoms with E-state index in [1.54, 1.807) is 0 Å². The summed E-state index contributed by atoms with van der Waals surface area (Å²) in [6, 6.07) is 7.99. The van der Waals surface area contributed by atoms with E-state index in [4.69, 9.17) is 11.6 Å². The Bertz CT molecular complexity index is 574. The van der Waals surface area contributed by atoms with E-state index in [1.807, 2.05) is 18.2 Å². The zero-order valence-electron chi connectivity index (χ0n) is 10.4. The van der Waals surface area contributed by atoms with Gasteiger partial charge in [0.25, 0.3) is 0 Å². The second-order valence-electron chi connectivity index (χ2n) is 4.53. The minimum atomic E-state index is 0.816. The van der Waals surface area contributed by atoms with Crippen molar-refractivity contribution in [3.8, 4) is 0 Å². The van der Waals surface area contributed by atoms with Gasteiger partial charge < -0.3 is 5.32 Å². The van der Waals surface area contributed by atoms with Crippen LogP contribution in [0.3, 0.4) is 0 Å². The minimum absolute atomic E-state index is 0.816. The van der Waals surface area contributed by atoms with Gasteiger partial charge in [-0.25, -0.2) is 4.68 Å². The molecule has 2 aromatic rings. The van der Waals surface area contributed by atoms with E-state index in [9.17, 15) is 0 Å². The predicted octanol–water partition coefficient (Wildman–Crippen LogP) is 3.12. The summed E-state index contributed by atoms with van der Waals surface area (Å²) in [6.45, 7) is 4.03. The summed E-state index contributed by atoms with van der Waals surface area (Å²) in [5.74, 6) is 1.19. The molecule has 0 saturated heterocycles. The molecule has 4 heteroatoms. The Kier molecular flexibility index (Phi) is 3.00. The van der Waals surface area contributed by atoms with Crippen molar-refractivity contribution in [1.29, 1.82) is 0 Å². The summed E-state index contributed by atoms with van der Waals surface area (Å²) >= 11 is 6.22. The number of anilines is 1. The maximum absolute atomic E-state index is 6.22. The first-order valence-electron chi connectivity index (χ1n) is 6.35. The van der Waals surface area contributed by atoms with E-state index in [0.717, 1.165) is 42.2 Å². The van der Waals surface area contributed by atoms with Crippen molar-refractivity contribution in [2.24, 2.45) is 0 Å². The van der Waals surface area contributed by atoms with Crippen molar-refractivity contribution >= 4 is 17.4 Å². The lowest BCUT2D eigenvalue weighted by atomic mass is 10.1. The van der Waals surface area contributed by atoms with Gasteiger partial charge in [0.15, 0.2) is 0 Å². The van der Waals surface area contributed by atoms with Crippen LogP contribution in [0, 0.1) is 0 Å². The number of aryl methyl sites for hydroxylation is 1. The van der Waals surface area contributed by atoms with Crippen LogP contribution in [0.1, 0.15) is 23.7 Å². The highest BCUT2D eigenvalue weighted by Crippen LogP contribution is 2.28. The number of hydrogen-bond donors (Lipinski definition) is 1. The minimum Gasteiger partial charge on any atom is -0.370 e. The molecule has 94 valence electrons. The van der Waals surface area contributed by atoms with Crippen LogP contribution in [0.25, 0.3) is 0 Å². The molecular weight excluding hydrogens is 246 g/mol. The largest absolute Gasteiger partial charge is 0.370 e. The van der Waals surface area contributed by atoms with Crippen molar-refractivity contribution in [2.45, 2.75) is 26.3 Å². The Balaban J connectivity index is 1.96.